The summed E-state index contributed by atoms with van der Waals surface area (Å²) < 4.78 is 0. The predicted molar refractivity (Wildman–Crippen MR) is 78.0 cm³/mol. The summed E-state index contributed by atoms with van der Waals surface area (Å²) >= 11 is 0. The van der Waals surface area contributed by atoms with Gasteiger partial charge >= 0.3 is 0 Å². The number of hydrogen-bond donors (Lipinski definition) is 2. The van der Waals surface area contributed by atoms with Gasteiger partial charge in [0.05, 0.1) is 0 Å². The van der Waals surface area contributed by atoms with E-state index in [1.165, 1.54) is 24.8 Å². The number of rotatable bonds is 3. The molecule has 2 fully saturated rings. The summed E-state index contributed by atoms with van der Waals surface area (Å²) in [5.74, 6) is 1.23. The lowest BCUT2D eigenvalue weighted by Gasteiger charge is -2.43. The molecule has 2 N–H and O–H groups in total. The molecular weight excluding hydrogens is 234 g/mol. The third-order valence-corrected chi connectivity index (χ3v) is 5.72. The minimum Gasteiger partial charge on any atom is -0.508 e. The second-order valence-corrected chi connectivity index (χ2v) is 7.40. The molecule has 2 aliphatic carbocycles. The number of nitrogens with one attached hydrogen (secondary N) is 1. The molecule has 104 valence electrons. The number of phenolic OH excluding ortho intramolecular Hbond substituents is 1. The summed E-state index contributed by atoms with van der Waals surface area (Å²) in [5, 5.41) is 13.1. The first-order valence-corrected chi connectivity index (χ1v) is 7.43. The lowest BCUT2D eigenvalue weighted by atomic mass is 9.68. The molecule has 3 atom stereocenters. The van der Waals surface area contributed by atoms with E-state index >= 15 is 0 Å². The van der Waals surface area contributed by atoms with Crippen LogP contribution in [-0.2, 0) is 6.54 Å². The fraction of sp³-hybridized carbons (Fsp3) is 0.647. The first kappa shape index (κ1) is 13.0. The molecule has 0 saturated heterocycles. The molecule has 2 heteroatoms. The van der Waals surface area contributed by atoms with Gasteiger partial charge in [-0.3, -0.25) is 0 Å². The van der Waals surface area contributed by atoms with E-state index in [0.29, 0.717) is 22.6 Å². The molecule has 0 aromatic heterocycles. The maximum absolute atomic E-state index is 9.33. The van der Waals surface area contributed by atoms with Crippen LogP contribution in [0.3, 0.4) is 0 Å². The summed E-state index contributed by atoms with van der Waals surface area (Å²) in [7, 11) is 0. The topological polar surface area (TPSA) is 32.3 Å². The standard InChI is InChI=1S/C17H25NO/c1-16(2)13-8-9-17(3,10-13)15(16)18-11-12-4-6-14(19)7-5-12/h4-7,13,15,18-19H,8-11H2,1-3H3. The second-order valence-electron chi connectivity index (χ2n) is 7.40. The van der Waals surface area contributed by atoms with Gasteiger partial charge in [0.25, 0.3) is 0 Å². The van der Waals surface area contributed by atoms with E-state index < -0.39 is 0 Å². The molecule has 0 radical (unpaired) electrons. The lowest BCUT2D eigenvalue weighted by Crippen LogP contribution is -2.49. The minimum absolute atomic E-state index is 0.343. The van der Waals surface area contributed by atoms with Gasteiger partial charge in [-0.2, -0.15) is 0 Å². The van der Waals surface area contributed by atoms with Crippen molar-refractivity contribution in [2.24, 2.45) is 16.7 Å². The quantitative estimate of drug-likeness (QED) is 0.867. The monoisotopic (exact) mass is 259 g/mol. The highest BCUT2D eigenvalue weighted by atomic mass is 16.3. The van der Waals surface area contributed by atoms with Crippen molar-refractivity contribution in [3.63, 3.8) is 0 Å². The van der Waals surface area contributed by atoms with E-state index in [2.05, 4.69) is 26.1 Å². The molecule has 2 bridgehead atoms. The molecule has 3 rings (SSSR count). The van der Waals surface area contributed by atoms with Crippen molar-refractivity contribution >= 4 is 0 Å². The van der Waals surface area contributed by atoms with Crippen molar-refractivity contribution < 1.29 is 5.11 Å². The van der Waals surface area contributed by atoms with E-state index in [1.807, 2.05) is 12.1 Å². The van der Waals surface area contributed by atoms with Crippen LogP contribution in [0.15, 0.2) is 24.3 Å². The van der Waals surface area contributed by atoms with Crippen molar-refractivity contribution in [3.05, 3.63) is 29.8 Å². The summed E-state index contributed by atoms with van der Waals surface area (Å²) in [6, 6.07) is 8.15. The van der Waals surface area contributed by atoms with E-state index in [0.717, 1.165) is 12.5 Å². The third kappa shape index (κ3) is 2.06. The highest BCUT2D eigenvalue weighted by Gasteiger charge is 2.58. The molecule has 2 nitrogen and oxygen atoms in total. The zero-order valence-electron chi connectivity index (χ0n) is 12.2. The van der Waals surface area contributed by atoms with Gasteiger partial charge in [0, 0.05) is 12.6 Å². The van der Waals surface area contributed by atoms with Crippen molar-refractivity contribution in [1.29, 1.82) is 0 Å². The Kier molecular flexibility index (Phi) is 2.90. The average molecular weight is 259 g/mol. The molecule has 1 aromatic carbocycles. The van der Waals surface area contributed by atoms with Gasteiger partial charge in [-0.25, -0.2) is 0 Å². The maximum atomic E-state index is 9.33. The van der Waals surface area contributed by atoms with Crippen molar-refractivity contribution in [3.8, 4) is 5.75 Å². The van der Waals surface area contributed by atoms with Crippen LogP contribution in [0.1, 0.15) is 45.6 Å². The first-order chi connectivity index (χ1) is 8.92. The first-order valence-electron chi connectivity index (χ1n) is 7.43. The van der Waals surface area contributed by atoms with Gasteiger partial charge in [-0.1, -0.05) is 32.9 Å². The zero-order chi connectivity index (χ0) is 13.7. The van der Waals surface area contributed by atoms with Crippen LogP contribution in [0, 0.1) is 16.7 Å². The van der Waals surface area contributed by atoms with Gasteiger partial charge in [-0.05, 0) is 53.7 Å². The van der Waals surface area contributed by atoms with E-state index in [-0.39, 0.29) is 0 Å². The van der Waals surface area contributed by atoms with E-state index in [9.17, 15) is 5.11 Å². The average Bonchev–Trinajstić information content (AvgIpc) is 2.82. The predicted octanol–water partition coefficient (Wildman–Crippen LogP) is 3.70. The Morgan fingerprint density at radius 1 is 1.21 bits per heavy atom. The van der Waals surface area contributed by atoms with Gasteiger partial charge < -0.3 is 10.4 Å². The Morgan fingerprint density at radius 2 is 1.89 bits per heavy atom. The highest BCUT2D eigenvalue weighted by Crippen LogP contribution is 2.62. The van der Waals surface area contributed by atoms with Gasteiger partial charge in [-0.15, -0.1) is 0 Å². The van der Waals surface area contributed by atoms with Crippen LogP contribution >= 0.6 is 0 Å². The Bertz CT molecular complexity index is 460. The Hall–Kier alpha value is -1.02. The van der Waals surface area contributed by atoms with E-state index in [4.69, 9.17) is 0 Å². The van der Waals surface area contributed by atoms with E-state index in [1.54, 1.807) is 12.1 Å². The molecule has 0 aliphatic heterocycles. The van der Waals surface area contributed by atoms with Crippen LogP contribution in [0.4, 0.5) is 0 Å². The van der Waals surface area contributed by atoms with Crippen LogP contribution < -0.4 is 5.32 Å². The van der Waals surface area contributed by atoms with Gasteiger partial charge in [0.2, 0.25) is 0 Å². The molecule has 3 unspecified atom stereocenters. The van der Waals surface area contributed by atoms with Crippen molar-refractivity contribution in [1.82, 2.24) is 5.32 Å². The van der Waals surface area contributed by atoms with Crippen LogP contribution in [0.2, 0.25) is 0 Å². The normalized spacial score (nSPS) is 35.7. The smallest absolute Gasteiger partial charge is 0.115 e. The van der Waals surface area contributed by atoms with Gasteiger partial charge in [0.15, 0.2) is 0 Å². The molecule has 0 heterocycles. The molecular formula is C17H25NO. The highest BCUT2D eigenvalue weighted by molar-refractivity contribution is 5.26. The third-order valence-electron chi connectivity index (χ3n) is 5.72. The van der Waals surface area contributed by atoms with Crippen LogP contribution in [0.5, 0.6) is 5.75 Å². The number of fused-ring (bicyclic) bond motifs is 2. The SMILES string of the molecule is CC12CCC(C1)C(C)(C)C2NCc1ccc(O)cc1. The fourth-order valence-corrected chi connectivity index (χ4v) is 4.65. The molecule has 0 amide bonds. The molecule has 0 spiro atoms. The number of phenols is 1. The Balaban J connectivity index is 1.71. The lowest BCUT2D eigenvalue weighted by molar-refractivity contribution is 0.108. The molecule has 2 saturated carbocycles. The maximum Gasteiger partial charge on any atom is 0.115 e. The van der Waals surface area contributed by atoms with Crippen LogP contribution in [-0.4, -0.2) is 11.1 Å². The van der Waals surface area contributed by atoms with Crippen LogP contribution in [0.25, 0.3) is 0 Å². The number of hydrogen-bond acceptors (Lipinski definition) is 2. The van der Waals surface area contributed by atoms with Crippen molar-refractivity contribution in [2.45, 2.75) is 52.6 Å². The fourth-order valence-electron chi connectivity index (χ4n) is 4.65. The zero-order valence-corrected chi connectivity index (χ0v) is 12.2. The van der Waals surface area contributed by atoms with Crippen molar-refractivity contribution in [2.75, 3.05) is 0 Å². The summed E-state index contributed by atoms with van der Waals surface area (Å²) in [4.78, 5) is 0. The molecule has 1 aromatic rings. The Labute approximate surface area is 116 Å². The number of benzene rings is 1. The number of aromatic hydroxyl groups is 1. The minimum atomic E-state index is 0.343. The summed E-state index contributed by atoms with van der Waals surface area (Å²) in [6.45, 7) is 8.21. The Morgan fingerprint density at radius 3 is 2.47 bits per heavy atom. The molecule has 19 heavy (non-hydrogen) atoms. The summed E-state index contributed by atoms with van der Waals surface area (Å²) in [6.07, 6.45) is 4.16. The largest absolute Gasteiger partial charge is 0.508 e. The molecule has 2 aliphatic rings. The van der Waals surface area contributed by atoms with Gasteiger partial charge in [0.1, 0.15) is 5.75 Å². The summed E-state index contributed by atoms with van der Waals surface area (Å²) in [5.41, 5.74) is 2.13. The second kappa shape index (κ2) is 4.24.